The summed E-state index contributed by atoms with van der Waals surface area (Å²) in [4.78, 5) is 4.22. The molecule has 0 fully saturated rings. The van der Waals surface area contributed by atoms with Crippen molar-refractivity contribution in [1.82, 2.24) is 14.8 Å². The van der Waals surface area contributed by atoms with Crippen molar-refractivity contribution in [2.45, 2.75) is 6.61 Å². The number of aromatic nitrogens is 3. The summed E-state index contributed by atoms with van der Waals surface area (Å²) < 4.78 is 31.5. The number of pyridine rings is 1. The van der Waals surface area contributed by atoms with E-state index in [0.717, 1.165) is 0 Å². The molecule has 0 aliphatic heterocycles. The van der Waals surface area contributed by atoms with Crippen LogP contribution >= 0.6 is 0 Å². The summed E-state index contributed by atoms with van der Waals surface area (Å²) in [6.45, 7) is -2.98. The lowest BCUT2D eigenvalue weighted by Gasteiger charge is -2.13. The topological polar surface area (TPSA) is 89.8 Å². The molecule has 0 atom stereocenters. The quantitative estimate of drug-likeness (QED) is 0.787. The molecule has 0 aliphatic carbocycles. The first-order chi connectivity index (χ1) is 12.0. The van der Waals surface area contributed by atoms with E-state index in [0.29, 0.717) is 22.4 Å². The first-order valence-electron chi connectivity index (χ1n) is 7.23. The molecule has 0 aliphatic rings. The smallest absolute Gasteiger partial charge is 0.387 e. The number of benzene rings is 1. The van der Waals surface area contributed by atoms with Gasteiger partial charge in [-0.3, -0.25) is 4.68 Å². The third-order valence-electron chi connectivity index (χ3n) is 3.55. The third kappa shape index (κ3) is 3.26. The van der Waals surface area contributed by atoms with Gasteiger partial charge in [-0.15, -0.1) is 0 Å². The third-order valence-corrected chi connectivity index (χ3v) is 3.55. The second-order valence-electron chi connectivity index (χ2n) is 5.20. The summed E-state index contributed by atoms with van der Waals surface area (Å²) in [5.74, 6) is -0.0394. The summed E-state index contributed by atoms with van der Waals surface area (Å²) in [6, 6.07) is 9.81. The predicted octanol–water partition coefficient (Wildman–Crippen LogP) is 3.20. The Morgan fingerprint density at radius 3 is 2.68 bits per heavy atom. The molecule has 126 valence electrons. The van der Waals surface area contributed by atoms with Crippen LogP contribution in [0.1, 0.15) is 5.56 Å². The fraction of sp³-hybridized carbons (Fsp3) is 0.118. The van der Waals surface area contributed by atoms with Gasteiger partial charge >= 0.3 is 6.61 Å². The fourth-order valence-corrected chi connectivity index (χ4v) is 2.48. The van der Waals surface area contributed by atoms with Gasteiger partial charge in [0.2, 0.25) is 0 Å². The Bertz CT molecular complexity index is 962. The number of ether oxygens (including phenoxy) is 1. The highest BCUT2D eigenvalue weighted by Crippen LogP contribution is 2.36. The minimum absolute atomic E-state index is 0.00528. The zero-order valence-corrected chi connectivity index (χ0v) is 13.1. The summed E-state index contributed by atoms with van der Waals surface area (Å²) in [7, 11) is 1.75. The van der Waals surface area contributed by atoms with Crippen LogP contribution in [-0.2, 0) is 7.05 Å². The van der Waals surface area contributed by atoms with Crippen molar-refractivity contribution in [3.63, 3.8) is 0 Å². The molecule has 3 rings (SSSR count). The summed E-state index contributed by atoms with van der Waals surface area (Å²) >= 11 is 0. The highest BCUT2D eigenvalue weighted by atomic mass is 19.3. The largest absolute Gasteiger partial charge is 0.434 e. The average Bonchev–Trinajstić information content (AvgIpc) is 3.00. The van der Waals surface area contributed by atoms with Crippen LogP contribution in [0.5, 0.6) is 5.75 Å². The second-order valence-corrected chi connectivity index (χ2v) is 5.20. The van der Waals surface area contributed by atoms with Crippen molar-refractivity contribution in [2.75, 3.05) is 5.73 Å². The van der Waals surface area contributed by atoms with E-state index >= 15 is 0 Å². The maximum Gasteiger partial charge on any atom is 0.387 e. The first-order valence-corrected chi connectivity index (χ1v) is 7.23. The van der Waals surface area contributed by atoms with Crippen molar-refractivity contribution in [1.29, 1.82) is 5.26 Å². The number of nitrogen functional groups attached to an aromatic ring is 1. The number of hydrogen-bond acceptors (Lipinski definition) is 5. The lowest BCUT2D eigenvalue weighted by molar-refractivity contribution is -0.0494. The van der Waals surface area contributed by atoms with Gasteiger partial charge < -0.3 is 10.5 Å². The molecule has 0 saturated carbocycles. The van der Waals surface area contributed by atoms with Crippen LogP contribution in [-0.4, -0.2) is 21.4 Å². The zero-order valence-electron chi connectivity index (χ0n) is 13.1. The van der Waals surface area contributed by atoms with E-state index in [1.807, 2.05) is 6.07 Å². The van der Waals surface area contributed by atoms with Crippen molar-refractivity contribution >= 4 is 5.82 Å². The monoisotopic (exact) mass is 341 g/mol. The number of aryl methyl sites for hydroxylation is 1. The molecule has 1 aromatic carbocycles. The molecule has 2 aromatic heterocycles. The average molecular weight is 341 g/mol. The number of halogens is 2. The van der Waals surface area contributed by atoms with Gasteiger partial charge in [-0.25, -0.2) is 4.98 Å². The van der Waals surface area contributed by atoms with E-state index < -0.39 is 6.61 Å². The van der Waals surface area contributed by atoms with Crippen LogP contribution in [0.25, 0.3) is 22.4 Å². The maximum atomic E-state index is 12.7. The maximum absolute atomic E-state index is 12.7. The normalized spacial score (nSPS) is 10.7. The number of hydrogen-bond donors (Lipinski definition) is 1. The Morgan fingerprint density at radius 2 is 2.04 bits per heavy atom. The number of para-hydroxylation sites is 1. The molecule has 3 aromatic rings. The lowest BCUT2D eigenvalue weighted by Crippen LogP contribution is -2.04. The molecule has 25 heavy (non-hydrogen) atoms. The predicted molar refractivity (Wildman–Crippen MR) is 87.6 cm³/mol. The van der Waals surface area contributed by atoms with Crippen molar-refractivity contribution < 1.29 is 13.5 Å². The van der Waals surface area contributed by atoms with E-state index in [-0.39, 0.29) is 17.1 Å². The molecular weight excluding hydrogens is 328 g/mol. The first kappa shape index (κ1) is 16.4. The van der Waals surface area contributed by atoms with Crippen molar-refractivity contribution in [3.05, 3.63) is 48.3 Å². The van der Waals surface area contributed by atoms with Gasteiger partial charge in [0, 0.05) is 29.9 Å². The summed E-state index contributed by atoms with van der Waals surface area (Å²) in [6.07, 6.45) is 3.33. The summed E-state index contributed by atoms with van der Waals surface area (Å²) in [5, 5.41) is 13.5. The second kappa shape index (κ2) is 6.57. The number of nitrogens with zero attached hydrogens (tertiary/aromatic N) is 4. The molecule has 2 heterocycles. The molecule has 0 radical (unpaired) electrons. The zero-order chi connectivity index (χ0) is 18.0. The Morgan fingerprint density at radius 1 is 1.28 bits per heavy atom. The van der Waals surface area contributed by atoms with Crippen molar-refractivity contribution in [2.24, 2.45) is 7.05 Å². The van der Waals surface area contributed by atoms with Crippen LogP contribution in [0.15, 0.2) is 42.7 Å². The van der Waals surface area contributed by atoms with Crippen LogP contribution in [0.2, 0.25) is 0 Å². The molecule has 8 heteroatoms. The number of nitriles is 1. The van der Waals surface area contributed by atoms with Crippen LogP contribution in [0, 0.1) is 11.3 Å². The molecule has 0 bridgehead atoms. The number of anilines is 1. The van der Waals surface area contributed by atoms with Gasteiger partial charge in [0.15, 0.2) is 0 Å². The minimum Gasteiger partial charge on any atom is -0.434 e. The van der Waals surface area contributed by atoms with Gasteiger partial charge in [-0.05, 0) is 12.1 Å². The molecule has 2 N–H and O–H groups in total. The Balaban J connectivity index is 2.22. The van der Waals surface area contributed by atoms with Gasteiger partial charge in [-0.2, -0.15) is 19.1 Å². The van der Waals surface area contributed by atoms with E-state index in [2.05, 4.69) is 14.8 Å². The van der Waals surface area contributed by atoms with Crippen LogP contribution < -0.4 is 10.5 Å². The highest BCUT2D eigenvalue weighted by molar-refractivity contribution is 5.82. The molecule has 0 unspecified atom stereocenters. The molecular formula is C17H13F2N5O. The standard InChI is InChI=1S/C17H13F2N5O/c1-24-9-10(8-22-24)14-6-12(13(7-20)16(21)23-14)11-4-2-3-5-15(11)25-17(18)19/h2-6,8-9,17H,1H3,(H2,21,23). The number of nitrogens with two attached hydrogens (primary N) is 1. The molecule has 6 nitrogen and oxygen atoms in total. The van der Waals surface area contributed by atoms with Crippen LogP contribution in [0.4, 0.5) is 14.6 Å². The fourth-order valence-electron chi connectivity index (χ4n) is 2.48. The van der Waals surface area contributed by atoms with E-state index in [1.165, 1.54) is 6.07 Å². The molecule has 0 spiro atoms. The Labute approximate surface area is 142 Å². The van der Waals surface area contributed by atoms with Gasteiger partial charge in [0.1, 0.15) is 23.2 Å². The molecule has 0 amide bonds. The number of alkyl halides is 2. The Kier molecular flexibility index (Phi) is 4.31. The van der Waals surface area contributed by atoms with Gasteiger partial charge in [0.05, 0.1) is 11.9 Å². The van der Waals surface area contributed by atoms with Gasteiger partial charge in [0.25, 0.3) is 0 Å². The van der Waals surface area contributed by atoms with E-state index in [1.54, 1.807) is 48.4 Å². The minimum atomic E-state index is -2.98. The van der Waals surface area contributed by atoms with E-state index in [9.17, 15) is 14.0 Å². The number of rotatable bonds is 4. The Hall–Kier alpha value is -3.47. The lowest BCUT2D eigenvalue weighted by atomic mass is 9.98. The summed E-state index contributed by atoms with van der Waals surface area (Å²) in [5.41, 5.74) is 7.87. The highest BCUT2D eigenvalue weighted by Gasteiger charge is 2.18. The SMILES string of the molecule is Cn1cc(-c2cc(-c3ccccc3OC(F)F)c(C#N)c(N)n2)cn1. The van der Waals surface area contributed by atoms with Crippen molar-refractivity contribution in [3.8, 4) is 34.2 Å². The molecule has 0 saturated heterocycles. The van der Waals surface area contributed by atoms with Crippen LogP contribution in [0.3, 0.4) is 0 Å². The van der Waals surface area contributed by atoms with E-state index in [4.69, 9.17) is 5.73 Å². The van der Waals surface area contributed by atoms with Gasteiger partial charge in [-0.1, -0.05) is 18.2 Å².